The highest BCUT2D eigenvalue weighted by molar-refractivity contribution is 9.11. The van der Waals surface area contributed by atoms with Crippen LogP contribution in [0.1, 0.15) is 6.42 Å². The maximum atomic E-state index is 10.4. The Morgan fingerprint density at radius 1 is 1.85 bits per heavy atom. The Morgan fingerprint density at radius 2 is 2.46 bits per heavy atom. The molecule has 13 heavy (non-hydrogen) atoms. The molecule has 0 saturated heterocycles. The molecule has 1 aliphatic rings. The van der Waals surface area contributed by atoms with E-state index in [9.17, 15) is 10.1 Å². The summed E-state index contributed by atoms with van der Waals surface area (Å²) in [6.07, 6.45) is 2.78. The van der Waals surface area contributed by atoms with Crippen LogP contribution in [-0.2, 0) is 0 Å². The van der Waals surface area contributed by atoms with Gasteiger partial charge >= 0.3 is 0 Å². The van der Waals surface area contributed by atoms with Crippen LogP contribution in [0.25, 0.3) is 0 Å². The van der Waals surface area contributed by atoms with Gasteiger partial charge in [-0.25, -0.2) is 0 Å². The van der Waals surface area contributed by atoms with Crippen molar-refractivity contribution in [3.05, 3.63) is 32.4 Å². The average molecular weight is 244 g/mol. The van der Waals surface area contributed by atoms with Gasteiger partial charge in [-0.3, -0.25) is 10.1 Å². The lowest BCUT2D eigenvalue weighted by atomic mass is 9.93. The first-order valence-corrected chi connectivity index (χ1v) is 4.19. The molecule has 0 aromatic carbocycles. The largest absolute Gasteiger partial charge is 0.310 e. The Balaban J connectivity index is 3.10. The lowest BCUT2D eigenvalue weighted by molar-refractivity contribution is -0.419. The zero-order valence-corrected chi connectivity index (χ0v) is 8.11. The monoisotopic (exact) mass is 243 g/mol. The summed E-state index contributed by atoms with van der Waals surface area (Å²) in [5.74, 6) is 0. The fourth-order valence-electron chi connectivity index (χ4n) is 1.02. The summed E-state index contributed by atoms with van der Waals surface area (Å²) in [6.45, 7) is 0. The summed E-state index contributed by atoms with van der Waals surface area (Å²) in [6, 6.07) is 1.82. The van der Waals surface area contributed by atoms with Gasteiger partial charge in [0.25, 0.3) is 5.70 Å². The molecule has 0 aromatic rings. The Morgan fingerprint density at radius 3 is 2.92 bits per heavy atom. The van der Waals surface area contributed by atoms with E-state index in [2.05, 4.69) is 15.9 Å². The number of allylic oxidation sites excluding steroid dienone is 1. The topological polar surface area (TPSA) is 93.0 Å². The van der Waals surface area contributed by atoms with Crippen LogP contribution < -0.4 is 5.73 Å². The lowest BCUT2D eigenvalue weighted by Crippen LogP contribution is -2.38. The summed E-state index contributed by atoms with van der Waals surface area (Å²) in [4.78, 5) is 9.84. The third-order valence-corrected chi connectivity index (χ3v) is 2.10. The van der Waals surface area contributed by atoms with Gasteiger partial charge in [-0.2, -0.15) is 5.26 Å². The molecule has 0 aromatic heterocycles. The Bertz CT molecular complexity index is 355. The minimum Gasteiger partial charge on any atom is -0.310 e. The number of nitro groups is 1. The number of nitriles is 1. The molecular weight excluding hydrogens is 238 g/mol. The van der Waals surface area contributed by atoms with E-state index >= 15 is 0 Å². The van der Waals surface area contributed by atoms with Crippen LogP contribution in [0.3, 0.4) is 0 Å². The quantitative estimate of drug-likeness (QED) is 0.551. The number of nitrogens with two attached hydrogens (primary N) is 1. The van der Waals surface area contributed by atoms with Crippen molar-refractivity contribution in [1.29, 1.82) is 5.26 Å². The third-order valence-electron chi connectivity index (χ3n) is 1.59. The van der Waals surface area contributed by atoms with Crippen molar-refractivity contribution in [2.45, 2.75) is 12.0 Å². The number of rotatable bonds is 1. The smallest absolute Gasteiger partial charge is 0.269 e. The molecule has 1 aliphatic carbocycles. The van der Waals surface area contributed by atoms with Gasteiger partial charge in [0, 0.05) is 23.1 Å². The zero-order valence-electron chi connectivity index (χ0n) is 6.53. The lowest BCUT2D eigenvalue weighted by Gasteiger charge is -2.19. The maximum Gasteiger partial charge on any atom is 0.269 e. The summed E-state index contributed by atoms with van der Waals surface area (Å²) in [7, 11) is 0. The van der Waals surface area contributed by atoms with Crippen molar-refractivity contribution in [3.8, 4) is 6.07 Å². The second-order valence-electron chi connectivity index (χ2n) is 2.75. The molecule has 0 bridgehead atoms. The van der Waals surface area contributed by atoms with Crippen LogP contribution in [0.15, 0.2) is 22.3 Å². The Hall–Kier alpha value is -1.19. The fraction of sp³-hybridized carbons (Fsp3) is 0.286. The van der Waals surface area contributed by atoms with Gasteiger partial charge in [-0.15, -0.1) is 0 Å². The van der Waals surface area contributed by atoms with E-state index < -0.39 is 10.5 Å². The van der Waals surface area contributed by atoms with Crippen molar-refractivity contribution >= 4 is 15.9 Å². The highest BCUT2D eigenvalue weighted by atomic mass is 79.9. The molecule has 68 valence electrons. The van der Waals surface area contributed by atoms with E-state index in [1.165, 1.54) is 6.08 Å². The SMILES string of the molecule is N#CC1(N)C=C([N+](=O)[O-])C=C(Br)C1. The maximum absolute atomic E-state index is 10.4. The molecular formula is C7H6BrN3O2. The molecule has 5 nitrogen and oxygen atoms in total. The molecule has 1 rings (SSSR count). The van der Waals surface area contributed by atoms with E-state index in [-0.39, 0.29) is 12.1 Å². The van der Waals surface area contributed by atoms with Gasteiger partial charge in [0.05, 0.1) is 11.0 Å². The summed E-state index contributed by atoms with van der Waals surface area (Å²) in [5.41, 5.74) is 4.15. The Labute approximate surface area is 82.8 Å². The molecule has 0 heterocycles. The highest BCUT2D eigenvalue weighted by Crippen LogP contribution is 2.27. The molecule has 0 spiro atoms. The molecule has 0 aliphatic heterocycles. The van der Waals surface area contributed by atoms with Gasteiger partial charge in [0.2, 0.25) is 0 Å². The first-order chi connectivity index (χ1) is 5.97. The van der Waals surface area contributed by atoms with Gasteiger partial charge < -0.3 is 5.73 Å². The van der Waals surface area contributed by atoms with E-state index in [0.717, 1.165) is 6.08 Å². The minimum absolute atomic E-state index is 0.151. The van der Waals surface area contributed by atoms with Crippen molar-refractivity contribution in [1.82, 2.24) is 0 Å². The van der Waals surface area contributed by atoms with Gasteiger partial charge in [0.15, 0.2) is 0 Å². The van der Waals surface area contributed by atoms with E-state index in [1.807, 2.05) is 6.07 Å². The number of halogens is 1. The van der Waals surface area contributed by atoms with E-state index in [4.69, 9.17) is 11.0 Å². The van der Waals surface area contributed by atoms with Crippen LogP contribution in [-0.4, -0.2) is 10.5 Å². The number of nitrogens with zero attached hydrogens (tertiary/aromatic N) is 2. The van der Waals surface area contributed by atoms with Crippen LogP contribution in [0.2, 0.25) is 0 Å². The Kier molecular flexibility index (Phi) is 2.50. The molecule has 1 atom stereocenters. The zero-order chi connectivity index (χ0) is 10.1. The first kappa shape index (κ1) is 9.89. The van der Waals surface area contributed by atoms with Gasteiger partial charge in [0.1, 0.15) is 5.54 Å². The van der Waals surface area contributed by atoms with Crippen molar-refractivity contribution in [3.63, 3.8) is 0 Å². The minimum atomic E-state index is -1.27. The average Bonchev–Trinajstić information content (AvgIpc) is 2.03. The molecule has 0 saturated carbocycles. The number of hydrogen-bond donors (Lipinski definition) is 1. The molecule has 1 unspecified atom stereocenters. The van der Waals surface area contributed by atoms with Crippen LogP contribution >= 0.6 is 15.9 Å². The van der Waals surface area contributed by atoms with Crippen LogP contribution in [0, 0.1) is 21.4 Å². The van der Waals surface area contributed by atoms with Crippen molar-refractivity contribution in [2.24, 2.45) is 5.73 Å². The summed E-state index contributed by atoms with van der Waals surface area (Å²) in [5, 5.41) is 19.1. The molecule has 0 fully saturated rings. The predicted molar refractivity (Wildman–Crippen MR) is 49.2 cm³/mol. The highest BCUT2D eigenvalue weighted by Gasteiger charge is 2.31. The van der Waals surface area contributed by atoms with E-state index in [1.54, 1.807) is 0 Å². The van der Waals surface area contributed by atoms with Crippen molar-refractivity contribution < 1.29 is 4.92 Å². The summed E-state index contributed by atoms with van der Waals surface area (Å²) >= 11 is 3.10. The van der Waals surface area contributed by atoms with Gasteiger partial charge in [-0.05, 0) is 0 Å². The molecule has 0 radical (unpaired) electrons. The predicted octanol–water partition coefficient (Wildman–Crippen LogP) is 1.05. The second kappa shape index (κ2) is 3.28. The van der Waals surface area contributed by atoms with Crippen molar-refractivity contribution in [2.75, 3.05) is 0 Å². The first-order valence-electron chi connectivity index (χ1n) is 3.40. The standard InChI is InChI=1S/C7H6BrN3O2/c8-5-1-6(11(12)13)3-7(10,2-5)4-9/h1,3H,2,10H2. The second-order valence-corrected chi connectivity index (χ2v) is 3.77. The normalized spacial score (nSPS) is 27.2. The third kappa shape index (κ3) is 2.14. The van der Waals surface area contributed by atoms with Crippen LogP contribution in [0.5, 0.6) is 0 Å². The molecule has 6 heteroatoms. The molecule has 2 N–H and O–H groups in total. The summed E-state index contributed by atoms with van der Waals surface area (Å²) < 4.78 is 0.561. The van der Waals surface area contributed by atoms with E-state index in [0.29, 0.717) is 4.48 Å². The van der Waals surface area contributed by atoms with Crippen LogP contribution in [0.4, 0.5) is 0 Å². The van der Waals surface area contributed by atoms with Gasteiger partial charge in [-0.1, -0.05) is 15.9 Å². The fourth-order valence-corrected chi connectivity index (χ4v) is 1.72. The number of hydrogen-bond acceptors (Lipinski definition) is 4. The molecule has 0 amide bonds.